The number of ether oxygens (including phenoxy) is 2. The van der Waals surface area contributed by atoms with Crippen molar-refractivity contribution in [2.75, 3.05) is 13.1 Å². The predicted molar refractivity (Wildman–Crippen MR) is 126 cm³/mol. The molecule has 172 valence electrons. The third-order valence-electron chi connectivity index (χ3n) is 4.52. The summed E-state index contributed by atoms with van der Waals surface area (Å²) < 4.78 is 13.3. The largest absolute Gasteiger partial charge is 0.444 e. The fourth-order valence-electron chi connectivity index (χ4n) is 3.28. The van der Waals surface area contributed by atoms with E-state index < -0.39 is 11.3 Å². The molecule has 10 nitrogen and oxygen atoms in total. The molecule has 1 aromatic heterocycles. The molecule has 0 bridgehead atoms. The van der Waals surface area contributed by atoms with E-state index in [4.69, 9.17) is 9.47 Å². The molecule has 0 radical (unpaired) electrons. The number of aliphatic imine (C=N–C) groups is 1. The van der Waals surface area contributed by atoms with E-state index in [1.54, 1.807) is 9.58 Å². The molecule has 11 heteroatoms. The maximum atomic E-state index is 12.9. The van der Waals surface area contributed by atoms with Gasteiger partial charge in [0.05, 0.1) is 12.1 Å². The van der Waals surface area contributed by atoms with Crippen LogP contribution in [0.1, 0.15) is 54.3 Å². The lowest BCUT2D eigenvalue weighted by Crippen LogP contribution is -2.54. The first-order valence-electron chi connectivity index (χ1n) is 9.99. The van der Waals surface area contributed by atoms with Crippen LogP contribution in [0.5, 0.6) is 0 Å². The van der Waals surface area contributed by atoms with Gasteiger partial charge in [-0.3, -0.25) is 9.58 Å². The highest BCUT2D eigenvalue weighted by Gasteiger charge is 2.49. The topological polar surface area (TPSA) is 106 Å². The van der Waals surface area contributed by atoms with Crippen LogP contribution in [0.4, 0.5) is 4.79 Å². The number of nitrogens with zero attached hydrogens (tertiary/aromatic N) is 5. The molecule has 2 rings (SSSR count). The molecule has 0 aromatic carbocycles. The first-order valence-corrected chi connectivity index (χ1v) is 9.99. The van der Waals surface area contributed by atoms with Gasteiger partial charge in [0.25, 0.3) is 0 Å². The summed E-state index contributed by atoms with van der Waals surface area (Å²) in [7, 11) is 1.83. The van der Waals surface area contributed by atoms with Crippen LogP contribution in [0.25, 0.3) is 0 Å². The Morgan fingerprint density at radius 1 is 1.37 bits per heavy atom. The highest BCUT2D eigenvalue weighted by molar-refractivity contribution is 14.0. The van der Waals surface area contributed by atoms with Gasteiger partial charge in [-0.2, -0.15) is 5.10 Å². The molecule has 1 aliphatic rings. The van der Waals surface area contributed by atoms with E-state index in [9.17, 15) is 4.79 Å². The summed E-state index contributed by atoms with van der Waals surface area (Å²) in [5.41, 5.74) is -1.34. The number of aromatic nitrogens is 3. The minimum absolute atomic E-state index is 0. The van der Waals surface area contributed by atoms with E-state index in [-0.39, 0.29) is 42.2 Å². The molecule has 2 atom stereocenters. The minimum atomic E-state index is -0.762. The Morgan fingerprint density at radius 3 is 2.57 bits per heavy atom. The summed E-state index contributed by atoms with van der Waals surface area (Å²) in [6.45, 7) is 14.8. The zero-order valence-electron chi connectivity index (χ0n) is 19.2. The van der Waals surface area contributed by atoms with Crippen LogP contribution in [0.2, 0.25) is 0 Å². The molecule has 1 amide bonds. The molecule has 0 aliphatic carbocycles. The first-order chi connectivity index (χ1) is 13.4. The number of guanidine groups is 1. The van der Waals surface area contributed by atoms with E-state index in [1.165, 1.54) is 6.33 Å². The highest BCUT2D eigenvalue weighted by Crippen LogP contribution is 2.33. The average molecular weight is 537 g/mol. The quantitative estimate of drug-likeness (QED) is 0.337. The Bertz CT molecular complexity index is 730. The number of hydrogen-bond donors (Lipinski definition) is 2. The number of carbonyl (C=O) groups excluding carboxylic acids is 1. The van der Waals surface area contributed by atoms with Crippen LogP contribution < -0.4 is 10.6 Å². The van der Waals surface area contributed by atoms with Crippen molar-refractivity contribution < 1.29 is 14.3 Å². The number of aryl methyl sites for hydroxylation is 1. The normalized spacial score (nSPS) is 21.2. The molecule has 2 unspecified atom stereocenters. The van der Waals surface area contributed by atoms with Crippen molar-refractivity contribution in [1.29, 1.82) is 0 Å². The summed E-state index contributed by atoms with van der Waals surface area (Å²) in [6, 6.07) is -0.210. The lowest BCUT2D eigenvalue weighted by molar-refractivity contribution is -0.0755. The second kappa shape index (κ2) is 10.6. The van der Waals surface area contributed by atoms with E-state index >= 15 is 0 Å². The zero-order chi connectivity index (χ0) is 21.8. The summed E-state index contributed by atoms with van der Waals surface area (Å²) in [5.74, 6) is 1.40. The molecule has 2 N–H and O–H groups in total. The number of rotatable bonds is 5. The van der Waals surface area contributed by atoms with Gasteiger partial charge in [-0.25, -0.2) is 14.8 Å². The van der Waals surface area contributed by atoms with Crippen molar-refractivity contribution in [2.24, 2.45) is 12.0 Å². The van der Waals surface area contributed by atoms with Gasteiger partial charge >= 0.3 is 6.09 Å². The third-order valence-corrected chi connectivity index (χ3v) is 4.52. The zero-order valence-corrected chi connectivity index (χ0v) is 21.6. The fourth-order valence-corrected chi connectivity index (χ4v) is 3.28. The van der Waals surface area contributed by atoms with Crippen LogP contribution in [0.15, 0.2) is 11.3 Å². The predicted octanol–water partition coefficient (Wildman–Crippen LogP) is 2.25. The Hall–Kier alpha value is -1.63. The van der Waals surface area contributed by atoms with Crippen molar-refractivity contribution in [2.45, 2.75) is 78.5 Å². The number of halogens is 1. The van der Waals surface area contributed by atoms with Gasteiger partial charge in [-0.1, -0.05) is 0 Å². The molecule has 0 saturated carbocycles. The van der Waals surface area contributed by atoms with Gasteiger partial charge in [0, 0.05) is 20.1 Å². The lowest BCUT2D eigenvalue weighted by Gasteiger charge is -2.35. The van der Waals surface area contributed by atoms with Crippen LogP contribution >= 0.6 is 24.0 Å². The summed E-state index contributed by atoms with van der Waals surface area (Å²) in [6.07, 6.45) is 0.954. The van der Waals surface area contributed by atoms with E-state index in [0.29, 0.717) is 25.6 Å². The van der Waals surface area contributed by atoms with Crippen molar-refractivity contribution >= 4 is 36.0 Å². The number of nitrogens with one attached hydrogen (secondary N) is 2. The third kappa shape index (κ3) is 6.96. The molecular weight excluding hydrogens is 501 g/mol. The molecule has 1 aromatic rings. The molecule has 1 saturated heterocycles. The molecule has 30 heavy (non-hydrogen) atoms. The Kier molecular flexibility index (Phi) is 9.33. The van der Waals surface area contributed by atoms with Gasteiger partial charge in [0.2, 0.25) is 0 Å². The summed E-state index contributed by atoms with van der Waals surface area (Å²) in [4.78, 5) is 23.3. The Labute approximate surface area is 196 Å². The van der Waals surface area contributed by atoms with Crippen molar-refractivity contribution in [1.82, 2.24) is 30.3 Å². The van der Waals surface area contributed by atoms with Crippen LogP contribution in [0, 0.1) is 0 Å². The standard InChI is InChI=1S/C19H35N7O3.HI/c1-9-20-16(22-11-15-23-12-24-25(15)8)21-10-14-13(2)28-19(6,7)26(14)17(27)29-18(3,4)5;/h12-14H,9-11H2,1-8H3,(H2,20,21,22);1H. The molecule has 1 fully saturated rings. The molecular formula is C19H36IN7O3. The number of amides is 1. The van der Waals surface area contributed by atoms with E-state index in [0.717, 1.165) is 5.82 Å². The Morgan fingerprint density at radius 2 is 2.03 bits per heavy atom. The van der Waals surface area contributed by atoms with Gasteiger partial charge in [-0.15, -0.1) is 24.0 Å². The summed E-state index contributed by atoms with van der Waals surface area (Å²) >= 11 is 0. The monoisotopic (exact) mass is 537 g/mol. The van der Waals surface area contributed by atoms with Crippen LogP contribution in [-0.2, 0) is 23.1 Å². The smallest absolute Gasteiger partial charge is 0.412 e. The van der Waals surface area contributed by atoms with Crippen LogP contribution in [0.3, 0.4) is 0 Å². The number of hydrogen-bond acceptors (Lipinski definition) is 6. The Balaban J connectivity index is 0.00000450. The SMILES string of the molecule is CCNC(=NCc1ncnn1C)NCC1C(C)OC(C)(C)N1C(=O)OC(C)(C)C.I. The van der Waals surface area contributed by atoms with Gasteiger partial charge in [0.1, 0.15) is 30.0 Å². The molecule has 0 spiro atoms. The minimum Gasteiger partial charge on any atom is -0.444 e. The molecule has 2 heterocycles. The maximum absolute atomic E-state index is 12.9. The molecule has 1 aliphatic heterocycles. The van der Waals surface area contributed by atoms with Gasteiger partial charge in [-0.05, 0) is 48.5 Å². The van der Waals surface area contributed by atoms with E-state index in [1.807, 2.05) is 55.5 Å². The first kappa shape index (κ1) is 26.4. The number of carbonyl (C=O) groups is 1. The highest BCUT2D eigenvalue weighted by atomic mass is 127. The van der Waals surface area contributed by atoms with E-state index in [2.05, 4.69) is 25.7 Å². The maximum Gasteiger partial charge on any atom is 0.412 e. The second-order valence-electron chi connectivity index (χ2n) is 8.56. The van der Waals surface area contributed by atoms with Crippen LogP contribution in [-0.4, -0.2) is 68.3 Å². The second-order valence-corrected chi connectivity index (χ2v) is 8.56. The van der Waals surface area contributed by atoms with Crippen molar-refractivity contribution in [3.8, 4) is 0 Å². The van der Waals surface area contributed by atoms with Crippen molar-refractivity contribution in [3.63, 3.8) is 0 Å². The summed E-state index contributed by atoms with van der Waals surface area (Å²) in [5, 5.41) is 10.6. The van der Waals surface area contributed by atoms with Gasteiger partial charge in [0.15, 0.2) is 5.96 Å². The fraction of sp³-hybridized carbons (Fsp3) is 0.789. The van der Waals surface area contributed by atoms with Gasteiger partial charge < -0.3 is 20.1 Å². The average Bonchev–Trinajstić information content (AvgIpc) is 3.07. The van der Waals surface area contributed by atoms with Crippen molar-refractivity contribution in [3.05, 3.63) is 12.2 Å². The lowest BCUT2D eigenvalue weighted by atomic mass is 10.1.